The lowest BCUT2D eigenvalue weighted by molar-refractivity contribution is -0.137. The van der Waals surface area contributed by atoms with Crippen LogP contribution in [0.3, 0.4) is 0 Å². The molecule has 6 heteroatoms. The van der Waals surface area contributed by atoms with Crippen LogP contribution in [0.4, 0.5) is 13.2 Å². The standard InChI is InChI=1S/C16H22F3N3/c1-4-21(5-2)9-6-10-22-12(3)20-14-11-13(16(17,18)19)7-8-15(14)22/h7-8,11H,4-6,9-10H2,1-3H3. The van der Waals surface area contributed by atoms with Gasteiger partial charge in [0.2, 0.25) is 0 Å². The van der Waals surface area contributed by atoms with Crippen LogP contribution in [0.15, 0.2) is 18.2 Å². The highest BCUT2D eigenvalue weighted by Crippen LogP contribution is 2.31. The number of alkyl halides is 3. The molecule has 3 nitrogen and oxygen atoms in total. The Morgan fingerprint density at radius 3 is 2.45 bits per heavy atom. The van der Waals surface area contributed by atoms with E-state index in [0.717, 1.165) is 56.1 Å². The van der Waals surface area contributed by atoms with Crippen molar-refractivity contribution in [2.24, 2.45) is 0 Å². The highest BCUT2D eigenvalue weighted by molar-refractivity contribution is 5.77. The zero-order chi connectivity index (χ0) is 16.3. The molecule has 22 heavy (non-hydrogen) atoms. The lowest BCUT2D eigenvalue weighted by atomic mass is 10.2. The zero-order valence-corrected chi connectivity index (χ0v) is 13.2. The summed E-state index contributed by atoms with van der Waals surface area (Å²) in [5.41, 5.74) is 0.535. The van der Waals surface area contributed by atoms with E-state index in [0.29, 0.717) is 5.52 Å². The van der Waals surface area contributed by atoms with E-state index in [1.165, 1.54) is 6.07 Å². The molecule has 0 fully saturated rings. The molecule has 0 aliphatic rings. The van der Waals surface area contributed by atoms with Crippen LogP contribution in [0.5, 0.6) is 0 Å². The van der Waals surface area contributed by atoms with Crippen molar-refractivity contribution in [3.8, 4) is 0 Å². The third kappa shape index (κ3) is 3.61. The molecule has 2 aromatic rings. The molecule has 0 saturated heterocycles. The molecule has 0 unspecified atom stereocenters. The molecule has 0 atom stereocenters. The van der Waals surface area contributed by atoms with Crippen LogP contribution in [0.25, 0.3) is 11.0 Å². The topological polar surface area (TPSA) is 21.1 Å². The minimum absolute atomic E-state index is 0.412. The van der Waals surface area contributed by atoms with Gasteiger partial charge in [-0.25, -0.2) is 4.98 Å². The van der Waals surface area contributed by atoms with Gasteiger partial charge >= 0.3 is 6.18 Å². The van der Waals surface area contributed by atoms with E-state index < -0.39 is 11.7 Å². The van der Waals surface area contributed by atoms with Gasteiger partial charge in [0.1, 0.15) is 5.82 Å². The number of hydrogen-bond donors (Lipinski definition) is 0. The number of aryl methyl sites for hydroxylation is 2. The van der Waals surface area contributed by atoms with E-state index in [-0.39, 0.29) is 0 Å². The van der Waals surface area contributed by atoms with Crippen LogP contribution in [-0.4, -0.2) is 34.1 Å². The van der Waals surface area contributed by atoms with Crippen LogP contribution in [-0.2, 0) is 12.7 Å². The van der Waals surface area contributed by atoms with Gasteiger partial charge in [0.25, 0.3) is 0 Å². The van der Waals surface area contributed by atoms with Gasteiger partial charge in [0, 0.05) is 6.54 Å². The first-order valence-electron chi connectivity index (χ1n) is 7.63. The summed E-state index contributed by atoms with van der Waals surface area (Å²) in [6, 6.07) is 3.78. The fourth-order valence-electron chi connectivity index (χ4n) is 2.70. The molecule has 0 radical (unpaired) electrons. The molecular formula is C16H22F3N3. The van der Waals surface area contributed by atoms with Crippen LogP contribution in [0, 0.1) is 6.92 Å². The molecule has 122 valence electrons. The second-order valence-corrected chi connectivity index (χ2v) is 5.39. The number of nitrogens with zero attached hydrogens (tertiary/aromatic N) is 3. The Morgan fingerprint density at radius 1 is 1.18 bits per heavy atom. The molecule has 0 spiro atoms. The highest BCUT2D eigenvalue weighted by Gasteiger charge is 2.30. The second-order valence-electron chi connectivity index (χ2n) is 5.39. The number of fused-ring (bicyclic) bond motifs is 1. The van der Waals surface area contributed by atoms with Crippen molar-refractivity contribution in [3.63, 3.8) is 0 Å². The van der Waals surface area contributed by atoms with E-state index in [2.05, 4.69) is 23.7 Å². The van der Waals surface area contributed by atoms with Crippen LogP contribution in [0.2, 0.25) is 0 Å². The minimum atomic E-state index is -4.32. The average Bonchev–Trinajstić information content (AvgIpc) is 2.77. The van der Waals surface area contributed by atoms with Gasteiger partial charge in [-0.1, -0.05) is 13.8 Å². The summed E-state index contributed by atoms with van der Waals surface area (Å²) in [5.74, 6) is 0.758. The molecule has 0 amide bonds. The largest absolute Gasteiger partial charge is 0.416 e. The summed E-state index contributed by atoms with van der Waals surface area (Å²) in [7, 11) is 0. The monoisotopic (exact) mass is 313 g/mol. The molecule has 2 rings (SSSR count). The Labute approximate surface area is 128 Å². The first kappa shape index (κ1) is 16.8. The molecule has 1 aromatic carbocycles. The fraction of sp³-hybridized carbons (Fsp3) is 0.562. The highest BCUT2D eigenvalue weighted by atomic mass is 19.4. The van der Waals surface area contributed by atoms with Crippen molar-refractivity contribution in [3.05, 3.63) is 29.6 Å². The van der Waals surface area contributed by atoms with Crippen molar-refractivity contribution >= 4 is 11.0 Å². The van der Waals surface area contributed by atoms with Gasteiger partial charge in [-0.2, -0.15) is 13.2 Å². The smallest absolute Gasteiger partial charge is 0.328 e. The van der Waals surface area contributed by atoms with Crippen molar-refractivity contribution in [1.82, 2.24) is 14.5 Å². The Morgan fingerprint density at radius 2 is 1.86 bits per heavy atom. The van der Waals surface area contributed by atoms with Crippen molar-refractivity contribution < 1.29 is 13.2 Å². The zero-order valence-electron chi connectivity index (χ0n) is 13.2. The maximum atomic E-state index is 12.8. The molecule has 0 bridgehead atoms. The molecule has 1 heterocycles. The number of aromatic nitrogens is 2. The quantitative estimate of drug-likeness (QED) is 0.801. The molecule has 0 saturated carbocycles. The lowest BCUT2D eigenvalue weighted by Gasteiger charge is -2.18. The van der Waals surface area contributed by atoms with Crippen molar-refractivity contribution in [2.45, 2.75) is 39.9 Å². The van der Waals surface area contributed by atoms with E-state index in [9.17, 15) is 13.2 Å². The third-order valence-electron chi connectivity index (χ3n) is 4.02. The third-order valence-corrected chi connectivity index (χ3v) is 4.02. The van der Waals surface area contributed by atoms with Crippen LogP contribution in [0.1, 0.15) is 31.7 Å². The SMILES string of the molecule is CCN(CC)CCCn1c(C)nc2cc(C(F)(F)F)ccc21. The van der Waals surface area contributed by atoms with Crippen LogP contribution >= 0.6 is 0 Å². The summed E-state index contributed by atoms with van der Waals surface area (Å²) in [6.45, 7) is 9.85. The fourth-order valence-corrected chi connectivity index (χ4v) is 2.70. The van der Waals surface area contributed by atoms with Crippen molar-refractivity contribution in [1.29, 1.82) is 0 Å². The predicted octanol–water partition coefficient (Wildman–Crippen LogP) is 4.10. The number of rotatable bonds is 6. The van der Waals surface area contributed by atoms with Crippen molar-refractivity contribution in [2.75, 3.05) is 19.6 Å². The number of halogens is 3. The summed E-state index contributed by atoms with van der Waals surface area (Å²) >= 11 is 0. The van der Waals surface area contributed by atoms with E-state index in [1.807, 2.05) is 11.5 Å². The minimum Gasteiger partial charge on any atom is -0.328 e. The van der Waals surface area contributed by atoms with Gasteiger partial charge in [-0.3, -0.25) is 0 Å². The van der Waals surface area contributed by atoms with E-state index in [1.54, 1.807) is 0 Å². The molecule has 1 aromatic heterocycles. The number of benzene rings is 1. The normalized spacial score (nSPS) is 12.5. The van der Waals surface area contributed by atoms with Crippen LogP contribution < -0.4 is 0 Å². The first-order chi connectivity index (χ1) is 10.4. The Hall–Kier alpha value is -1.56. The van der Waals surface area contributed by atoms with Gasteiger partial charge in [0.05, 0.1) is 16.6 Å². The number of hydrogen-bond acceptors (Lipinski definition) is 2. The summed E-state index contributed by atoms with van der Waals surface area (Å²) in [4.78, 5) is 6.60. The van der Waals surface area contributed by atoms with Gasteiger partial charge in [-0.05, 0) is 51.2 Å². The maximum absolute atomic E-state index is 12.8. The molecule has 0 aliphatic carbocycles. The maximum Gasteiger partial charge on any atom is 0.416 e. The molecule has 0 aliphatic heterocycles. The average molecular weight is 313 g/mol. The van der Waals surface area contributed by atoms with Gasteiger partial charge in [0.15, 0.2) is 0 Å². The Bertz CT molecular complexity index is 627. The van der Waals surface area contributed by atoms with Gasteiger partial charge in [-0.15, -0.1) is 0 Å². The Balaban J connectivity index is 2.19. The predicted molar refractivity (Wildman–Crippen MR) is 81.9 cm³/mol. The summed E-state index contributed by atoms with van der Waals surface area (Å²) in [5, 5.41) is 0. The summed E-state index contributed by atoms with van der Waals surface area (Å²) in [6.07, 6.45) is -3.37. The molecular weight excluding hydrogens is 291 g/mol. The van der Waals surface area contributed by atoms with Gasteiger partial charge < -0.3 is 9.47 Å². The molecule has 0 N–H and O–H groups in total. The lowest BCUT2D eigenvalue weighted by Crippen LogP contribution is -2.24. The first-order valence-corrected chi connectivity index (χ1v) is 7.63. The summed E-state index contributed by atoms with van der Waals surface area (Å²) < 4.78 is 40.3. The van der Waals surface area contributed by atoms with E-state index in [4.69, 9.17) is 0 Å². The Kier molecular flexibility index (Phi) is 5.11. The number of imidazole rings is 1. The second kappa shape index (κ2) is 6.69. The van der Waals surface area contributed by atoms with E-state index >= 15 is 0 Å².